The van der Waals surface area contributed by atoms with E-state index in [2.05, 4.69) is 5.32 Å². The molecule has 1 aromatic rings. The lowest BCUT2D eigenvalue weighted by atomic mass is 10.1. The Bertz CT molecular complexity index is 669. The van der Waals surface area contributed by atoms with Gasteiger partial charge in [-0.05, 0) is 37.5 Å². The van der Waals surface area contributed by atoms with Gasteiger partial charge in [0.2, 0.25) is 5.91 Å². The number of aryl methyl sites for hydroxylation is 1. The van der Waals surface area contributed by atoms with Gasteiger partial charge in [0.15, 0.2) is 0 Å². The maximum atomic E-state index is 12.6. The second-order valence-electron chi connectivity index (χ2n) is 6.61. The van der Waals surface area contributed by atoms with Crippen LogP contribution in [0.1, 0.15) is 18.4 Å². The summed E-state index contributed by atoms with van der Waals surface area (Å²) in [5.41, 5.74) is 3.26. The van der Waals surface area contributed by atoms with Crippen molar-refractivity contribution in [3.8, 4) is 0 Å². The highest BCUT2D eigenvalue weighted by Gasteiger charge is 2.34. The molecule has 6 heteroatoms. The van der Waals surface area contributed by atoms with Crippen LogP contribution in [0.5, 0.6) is 0 Å². The minimum atomic E-state index is -0.446. The average molecular weight is 343 g/mol. The van der Waals surface area contributed by atoms with Gasteiger partial charge >= 0.3 is 6.03 Å². The average Bonchev–Trinajstić information content (AvgIpc) is 2.97. The van der Waals surface area contributed by atoms with E-state index in [1.165, 1.54) is 5.57 Å². The van der Waals surface area contributed by atoms with Crippen molar-refractivity contribution in [1.82, 2.24) is 10.2 Å². The number of hydrogen-bond donors (Lipinski definition) is 1. The molecule has 1 aromatic carbocycles. The number of rotatable bonds is 4. The number of anilines is 1. The van der Waals surface area contributed by atoms with Crippen molar-refractivity contribution in [3.05, 3.63) is 41.5 Å². The van der Waals surface area contributed by atoms with E-state index in [1.54, 1.807) is 16.9 Å². The normalized spacial score (nSPS) is 20.6. The third kappa shape index (κ3) is 4.02. The second kappa shape index (κ2) is 7.70. The number of nitrogens with one attached hydrogen (secondary N) is 1. The second-order valence-corrected chi connectivity index (χ2v) is 6.61. The summed E-state index contributed by atoms with van der Waals surface area (Å²) in [6, 6.07) is 7.27. The fraction of sp³-hybridized carbons (Fsp3) is 0.474. The molecule has 0 spiro atoms. The van der Waals surface area contributed by atoms with E-state index in [-0.39, 0.29) is 11.9 Å². The van der Waals surface area contributed by atoms with Crippen LogP contribution in [0.4, 0.5) is 10.5 Å². The van der Waals surface area contributed by atoms with Gasteiger partial charge < -0.3 is 19.9 Å². The Morgan fingerprint density at radius 2 is 2.04 bits per heavy atom. The zero-order valence-electron chi connectivity index (χ0n) is 14.8. The Morgan fingerprint density at radius 1 is 1.28 bits per heavy atom. The minimum absolute atomic E-state index is 0.0372. The van der Waals surface area contributed by atoms with E-state index >= 15 is 0 Å². The van der Waals surface area contributed by atoms with Crippen LogP contribution in [0, 0.1) is 6.92 Å². The third-order valence-electron chi connectivity index (χ3n) is 4.77. The molecule has 1 atom stereocenters. The largest absolute Gasteiger partial charge is 0.380 e. The van der Waals surface area contributed by atoms with E-state index in [4.69, 9.17) is 4.74 Å². The number of carbonyl (C=O) groups excluding carboxylic acids is 2. The van der Waals surface area contributed by atoms with Gasteiger partial charge in [0, 0.05) is 32.4 Å². The van der Waals surface area contributed by atoms with Gasteiger partial charge in [-0.2, -0.15) is 0 Å². The lowest BCUT2D eigenvalue weighted by molar-refractivity contribution is -0.118. The highest BCUT2D eigenvalue weighted by atomic mass is 16.5. The first-order valence-corrected chi connectivity index (χ1v) is 8.69. The number of carbonyl (C=O) groups is 2. The van der Waals surface area contributed by atoms with Crippen molar-refractivity contribution in [2.45, 2.75) is 25.8 Å². The number of nitrogens with zero attached hydrogens (tertiary/aromatic N) is 2. The summed E-state index contributed by atoms with van der Waals surface area (Å²) in [7, 11) is 1.67. The topological polar surface area (TPSA) is 61.9 Å². The molecule has 3 rings (SSSR count). The number of hydrogen-bond acceptors (Lipinski definition) is 3. The molecule has 0 radical (unpaired) electrons. The summed E-state index contributed by atoms with van der Waals surface area (Å²) in [5.74, 6) is -0.0372. The first-order valence-electron chi connectivity index (χ1n) is 8.69. The molecule has 0 saturated carbocycles. The lowest BCUT2D eigenvalue weighted by Crippen LogP contribution is -2.49. The number of benzene rings is 1. The lowest BCUT2D eigenvalue weighted by Gasteiger charge is -2.27. The molecular formula is C19H25N3O3. The van der Waals surface area contributed by atoms with Crippen LogP contribution < -0.4 is 10.2 Å². The van der Waals surface area contributed by atoms with E-state index in [1.807, 2.05) is 37.3 Å². The van der Waals surface area contributed by atoms with Crippen molar-refractivity contribution >= 4 is 17.6 Å². The van der Waals surface area contributed by atoms with Crippen LogP contribution in [0.2, 0.25) is 0 Å². The predicted octanol–water partition coefficient (Wildman–Crippen LogP) is 2.09. The van der Waals surface area contributed by atoms with Crippen LogP contribution in [0.3, 0.4) is 0 Å². The smallest absolute Gasteiger partial charge is 0.318 e. The molecule has 2 heterocycles. The molecular weight excluding hydrogens is 318 g/mol. The van der Waals surface area contributed by atoms with Crippen LogP contribution >= 0.6 is 0 Å². The van der Waals surface area contributed by atoms with Gasteiger partial charge in [-0.15, -0.1) is 0 Å². The number of ether oxygens (including phenoxy) is 1. The third-order valence-corrected chi connectivity index (χ3v) is 4.77. The summed E-state index contributed by atoms with van der Waals surface area (Å²) >= 11 is 0. The SMILES string of the molecule is COCC1=CCN(C(=O)N[C@@H]2CCN(c3ccc(C)cc3)C2=O)CC1. The van der Waals surface area contributed by atoms with Crippen LogP contribution in [-0.4, -0.2) is 56.2 Å². The van der Waals surface area contributed by atoms with Crippen molar-refractivity contribution in [2.24, 2.45) is 0 Å². The van der Waals surface area contributed by atoms with Crippen LogP contribution in [0.25, 0.3) is 0 Å². The van der Waals surface area contributed by atoms with Gasteiger partial charge in [0.1, 0.15) is 6.04 Å². The quantitative estimate of drug-likeness (QED) is 0.852. The standard InChI is InChI=1S/C19H25N3O3/c1-14-3-5-16(6-4-14)22-12-9-17(18(22)23)20-19(24)21-10-7-15(8-11-21)13-25-2/h3-7,17H,8-13H2,1-2H3,(H,20,24)/t17-/m1/s1. The number of amides is 3. The van der Waals surface area contributed by atoms with Crippen LogP contribution in [0.15, 0.2) is 35.9 Å². The summed E-state index contributed by atoms with van der Waals surface area (Å²) in [5, 5.41) is 2.89. The molecule has 6 nitrogen and oxygen atoms in total. The molecule has 2 aliphatic heterocycles. The summed E-state index contributed by atoms with van der Waals surface area (Å²) in [6.45, 7) is 4.48. The zero-order valence-corrected chi connectivity index (χ0v) is 14.8. The minimum Gasteiger partial charge on any atom is -0.380 e. The maximum Gasteiger partial charge on any atom is 0.318 e. The Balaban J connectivity index is 1.56. The van der Waals surface area contributed by atoms with Gasteiger partial charge in [0.25, 0.3) is 0 Å². The molecule has 0 bridgehead atoms. The fourth-order valence-electron chi connectivity index (χ4n) is 3.25. The first-order chi connectivity index (χ1) is 12.1. The highest BCUT2D eigenvalue weighted by molar-refractivity contribution is 6.01. The maximum absolute atomic E-state index is 12.6. The molecule has 1 N–H and O–H groups in total. The van der Waals surface area contributed by atoms with E-state index < -0.39 is 6.04 Å². The number of urea groups is 1. The summed E-state index contributed by atoms with van der Waals surface area (Å²) in [6.07, 6.45) is 3.48. The van der Waals surface area contributed by atoms with Crippen LogP contribution in [-0.2, 0) is 9.53 Å². The zero-order chi connectivity index (χ0) is 17.8. The first kappa shape index (κ1) is 17.5. The summed E-state index contributed by atoms with van der Waals surface area (Å²) < 4.78 is 5.12. The Morgan fingerprint density at radius 3 is 2.68 bits per heavy atom. The van der Waals surface area contributed by atoms with Gasteiger partial charge in [-0.1, -0.05) is 23.8 Å². The molecule has 2 aliphatic rings. The molecule has 1 fully saturated rings. The molecule has 25 heavy (non-hydrogen) atoms. The highest BCUT2D eigenvalue weighted by Crippen LogP contribution is 2.22. The van der Waals surface area contributed by atoms with Crippen molar-refractivity contribution < 1.29 is 14.3 Å². The molecule has 0 aromatic heterocycles. The van der Waals surface area contributed by atoms with E-state index in [0.717, 1.165) is 17.7 Å². The molecule has 3 amide bonds. The summed E-state index contributed by atoms with van der Waals surface area (Å²) in [4.78, 5) is 28.5. The van der Waals surface area contributed by atoms with Crippen molar-refractivity contribution in [1.29, 1.82) is 0 Å². The molecule has 0 aliphatic carbocycles. The Hall–Kier alpha value is -2.34. The van der Waals surface area contributed by atoms with Crippen molar-refractivity contribution in [2.75, 3.05) is 38.3 Å². The fourth-order valence-corrected chi connectivity index (χ4v) is 3.25. The predicted molar refractivity (Wildman–Crippen MR) is 96.6 cm³/mol. The molecule has 0 unspecified atom stereocenters. The Labute approximate surface area is 148 Å². The van der Waals surface area contributed by atoms with Gasteiger partial charge in [0.05, 0.1) is 6.61 Å². The van der Waals surface area contributed by atoms with E-state index in [0.29, 0.717) is 32.7 Å². The number of methoxy groups -OCH3 is 1. The monoisotopic (exact) mass is 343 g/mol. The van der Waals surface area contributed by atoms with Crippen molar-refractivity contribution in [3.63, 3.8) is 0 Å². The molecule has 134 valence electrons. The molecule has 1 saturated heterocycles. The van der Waals surface area contributed by atoms with Gasteiger partial charge in [-0.25, -0.2) is 4.79 Å². The van der Waals surface area contributed by atoms with Gasteiger partial charge in [-0.3, -0.25) is 4.79 Å². The van der Waals surface area contributed by atoms with E-state index in [9.17, 15) is 9.59 Å². The Kier molecular flexibility index (Phi) is 5.38.